The van der Waals surface area contributed by atoms with Crippen LogP contribution in [0.15, 0.2) is 24.3 Å². The van der Waals surface area contributed by atoms with Crippen LogP contribution in [-0.2, 0) is 4.74 Å². The fourth-order valence-corrected chi connectivity index (χ4v) is 1.71. The first kappa shape index (κ1) is 11.4. The molecule has 0 aromatic heterocycles. The summed E-state index contributed by atoms with van der Waals surface area (Å²) in [4.78, 5) is 13.1. The monoisotopic (exact) mass is 232 g/mol. The second-order valence-electron chi connectivity index (χ2n) is 3.79. The maximum absolute atomic E-state index is 11.6. The number of aliphatic hydroxyl groups is 1. The van der Waals surface area contributed by atoms with Gasteiger partial charge >= 0.3 is 6.09 Å². The summed E-state index contributed by atoms with van der Waals surface area (Å²) in [6.07, 6.45) is -0.264. The smallest absolute Gasteiger partial charge is 0.414 e. The van der Waals surface area contributed by atoms with Crippen LogP contribution in [0.4, 0.5) is 10.5 Å². The Morgan fingerprint density at radius 1 is 1.47 bits per heavy atom. The molecule has 0 radical (unpaired) electrons. The van der Waals surface area contributed by atoms with Gasteiger partial charge in [-0.1, -0.05) is 0 Å². The first-order chi connectivity index (χ1) is 8.24. The topological polar surface area (TPSA) is 73.6 Å². The number of hydrogen-bond donors (Lipinski definition) is 1. The van der Waals surface area contributed by atoms with E-state index in [1.165, 1.54) is 4.90 Å². The molecule has 1 aliphatic heterocycles. The van der Waals surface area contributed by atoms with E-state index in [-0.39, 0.29) is 6.61 Å². The fraction of sp³-hybridized carbons (Fsp3) is 0.333. The summed E-state index contributed by atoms with van der Waals surface area (Å²) in [6.45, 7) is 0.364. The lowest BCUT2D eigenvalue weighted by Crippen LogP contribution is -2.43. The van der Waals surface area contributed by atoms with Crippen molar-refractivity contribution in [1.29, 1.82) is 5.26 Å². The Bertz CT molecular complexity index is 450. The molecule has 1 saturated heterocycles. The van der Waals surface area contributed by atoms with Crippen molar-refractivity contribution in [2.24, 2.45) is 0 Å². The van der Waals surface area contributed by atoms with Crippen LogP contribution in [0.25, 0.3) is 0 Å². The van der Waals surface area contributed by atoms with Gasteiger partial charge < -0.3 is 9.84 Å². The predicted molar refractivity (Wildman–Crippen MR) is 60.5 cm³/mol. The van der Waals surface area contributed by atoms with E-state index in [0.29, 0.717) is 24.2 Å². The van der Waals surface area contributed by atoms with Crippen molar-refractivity contribution in [3.05, 3.63) is 29.8 Å². The lowest BCUT2D eigenvalue weighted by Gasteiger charge is -2.30. The molecule has 2 rings (SSSR count). The van der Waals surface area contributed by atoms with Crippen LogP contribution in [0, 0.1) is 11.3 Å². The highest BCUT2D eigenvalue weighted by Gasteiger charge is 2.27. The molecule has 0 spiro atoms. The standard InChI is InChI=1S/C12H12N2O3/c13-7-9-1-3-10(4-2-9)14-6-5-11(8-15)17-12(14)16/h1-4,11,15H,5-6,8H2. The zero-order valence-corrected chi connectivity index (χ0v) is 9.17. The molecule has 0 saturated carbocycles. The van der Waals surface area contributed by atoms with E-state index in [2.05, 4.69) is 0 Å². The molecule has 0 bridgehead atoms. The fourth-order valence-electron chi connectivity index (χ4n) is 1.71. The molecular formula is C12H12N2O3. The molecule has 88 valence electrons. The molecule has 1 amide bonds. The van der Waals surface area contributed by atoms with Gasteiger partial charge in [0.1, 0.15) is 6.10 Å². The number of carbonyl (C=O) groups is 1. The zero-order valence-electron chi connectivity index (χ0n) is 9.17. The third kappa shape index (κ3) is 2.37. The Morgan fingerprint density at radius 3 is 2.71 bits per heavy atom. The molecule has 1 N–H and O–H groups in total. The second kappa shape index (κ2) is 4.85. The number of hydrogen-bond acceptors (Lipinski definition) is 4. The van der Waals surface area contributed by atoms with Gasteiger partial charge in [0.05, 0.1) is 18.2 Å². The summed E-state index contributed by atoms with van der Waals surface area (Å²) >= 11 is 0. The van der Waals surface area contributed by atoms with Crippen molar-refractivity contribution in [1.82, 2.24) is 0 Å². The SMILES string of the molecule is N#Cc1ccc(N2CCC(CO)OC2=O)cc1. The molecule has 5 heteroatoms. The first-order valence-electron chi connectivity index (χ1n) is 5.34. The molecule has 1 aliphatic rings. The van der Waals surface area contributed by atoms with E-state index in [4.69, 9.17) is 15.1 Å². The number of anilines is 1. The lowest BCUT2D eigenvalue weighted by molar-refractivity contribution is 0.0453. The van der Waals surface area contributed by atoms with Crippen molar-refractivity contribution in [2.75, 3.05) is 18.1 Å². The average Bonchev–Trinajstić information content (AvgIpc) is 2.39. The zero-order chi connectivity index (χ0) is 12.3. The van der Waals surface area contributed by atoms with Gasteiger partial charge in [0, 0.05) is 18.7 Å². The van der Waals surface area contributed by atoms with Gasteiger partial charge in [-0.2, -0.15) is 5.26 Å². The lowest BCUT2D eigenvalue weighted by atomic mass is 10.2. The van der Waals surface area contributed by atoms with E-state index < -0.39 is 12.2 Å². The van der Waals surface area contributed by atoms with E-state index in [1.807, 2.05) is 6.07 Å². The van der Waals surface area contributed by atoms with Crippen LogP contribution >= 0.6 is 0 Å². The second-order valence-corrected chi connectivity index (χ2v) is 3.79. The number of nitrogens with zero attached hydrogens (tertiary/aromatic N) is 2. The number of aliphatic hydroxyl groups excluding tert-OH is 1. The molecule has 0 aliphatic carbocycles. The van der Waals surface area contributed by atoms with Gasteiger partial charge in [-0.25, -0.2) is 4.79 Å². The normalized spacial score (nSPS) is 19.6. The highest BCUT2D eigenvalue weighted by atomic mass is 16.6. The number of carbonyl (C=O) groups excluding carboxylic acids is 1. The van der Waals surface area contributed by atoms with E-state index in [9.17, 15) is 4.79 Å². The summed E-state index contributed by atoms with van der Waals surface area (Å²) in [5.41, 5.74) is 1.25. The number of amides is 1. The van der Waals surface area contributed by atoms with Crippen molar-refractivity contribution in [3.63, 3.8) is 0 Å². The van der Waals surface area contributed by atoms with Crippen LogP contribution < -0.4 is 4.90 Å². The number of ether oxygens (including phenoxy) is 1. The molecular weight excluding hydrogens is 220 g/mol. The average molecular weight is 232 g/mol. The third-order valence-electron chi connectivity index (χ3n) is 2.67. The summed E-state index contributed by atoms with van der Waals surface area (Å²) < 4.78 is 5.03. The number of rotatable bonds is 2. The Hall–Kier alpha value is -2.06. The predicted octanol–water partition coefficient (Wildman–Crippen LogP) is 1.27. The molecule has 5 nitrogen and oxygen atoms in total. The molecule has 1 aromatic rings. The Labute approximate surface area is 98.8 Å². The van der Waals surface area contributed by atoms with Gasteiger partial charge in [0.15, 0.2) is 0 Å². The van der Waals surface area contributed by atoms with E-state index in [0.717, 1.165) is 0 Å². The maximum Gasteiger partial charge on any atom is 0.414 e. The van der Waals surface area contributed by atoms with Gasteiger partial charge in [-0.3, -0.25) is 4.90 Å². The minimum atomic E-state index is -0.458. The summed E-state index contributed by atoms with van der Waals surface area (Å²) in [5.74, 6) is 0. The largest absolute Gasteiger partial charge is 0.443 e. The van der Waals surface area contributed by atoms with Gasteiger partial charge in [-0.05, 0) is 24.3 Å². The summed E-state index contributed by atoms with van der Waals surface area (Å²) in [5, 5.41) is 17.6. The molecule has 1 aromatic carbocycles. The minimum absolute atomic E-state index is 0.146. The van der Waals surface area contributed by atoms with E-state index >= 15 is 0 Å². The highest BCUT2D eigenvalue weighted by molar-refractivity contribution is 5.88. The van der Waals surface area contributed by atoms with E-state index in [1.54, 1.807) is 24.3 Å². The third-order valence-corrected chi connectivity index (χ3v) is 2.67. The number of nitriles is 1. The van der Waals surface area contributed by atoms with Crippen LogP contribution in [0.5, 0.6) is 0 Å². The van der Waals surface area contributed by atoms with Crippen LogP contribution in [-0.4, -0.2) is 30.5 Å². The van der Waals surface area contributed by atoms with Crippen molar-refractivity contribution >= 4 is 11.8 Å². The molecule has 1 unspecified atom stereocenters. The summed E-state index contributed by atoms with van der Waals surface area (Å²) in [7, 11) is 0. The van der Waals surface area contributed by atoms with Crippen LogP contribution in [0.3, 0.4) is 0 Å². The van der Waals surface area contributed by atoms with Crippen LogP contribution in [0.2, 0.25) is 0 Å². The highest BCUT2D eigenvalue weighted by Crippen LogP contribution is 2.21. The van der Waals surface area contributed by atoms with Crippen molar-refractivity contribution < 1.29 is 14.6 Å². The quantitative estimate of drug-likeness (QED) is 0.833. The molecule has 1 heterocycles. The van der Waals surface area contributed by atoms with Gasteiger partial charge in [0.2, 0.25) is 0 Å². The van der Waals surface area contributed by atoms with Gasteiger partial charge in [-0.15, -0.1) is 0 Å². The van der Waals surface area contributed by atoms with Crippen LogP contribution in [0.1, 0.15) is 12.0 Å². The Morgan fingerprint density at radius 2 is 2.18 bits per heavy atom. The molecule has 17 heavy (non-hydrogen) atoms. The van der Waals surface area contributed by atoms with Crippen molar-refractivity contribution in [3.8, 4) is 6.07 Å². The summed E-state index contributed by atoms with van der Waals surface area (Å²) in [6, 6.07) is 8.74. The minimum Gasteiger partial charge on any atom is -0.443 e. The Balaban J connectivity index is 2.12. The van der Waals surface area contributed by atoms with Crippen molar-refractivity contribution in [2.45, 2.75) is 12.5 Å². The molecule has 1 atom stereocenters. The Kier molecular flexibility index (Phi) is 3.26. The first-order valence-corrected chi connectivity index (χ1v) is 5.34. The molecule has 1 fully saturated rings. The number of benzene rings is 1. The number of cyclic esters (lactones) is 1. The maximum atomic E-state index is 11.6. The van der Waals surface area contributed by atoms with Gasteiger partial charge in [0.25, 0.3) is 0 Å².